The third kappa shape index (κ3) is 1.65. The van der Waals surface area contributed by atoms with Crippen LogP contribution in [0.25, 0.3) is 0 Å². The molecule has 0 aliphatic rings. The summed E-state index contributed by atoms with van der Waals surface area (Å²) in [6.45, 7) is 0. The number of ether oxygens (including phenoxy) is 4. The van der Waals surface area contributed by atoms with Crippen LogP contribution in [0.4, 0.5) is 0 Å². The van der Waals surface area contributed by atoms with E-state index in [1.54, 1.807) is 28.4 Å². The predicted octanol–water partition coefficient (Wildman–Crippen LogP) is 1.78. The number of rotatable bonds is 4. The highest BCUT2D eigenvalue weighted by Gasteiger charge is 2.21. The van der Waals surface area contributed by atoms with E-state index in [1.807, 2.05) is 0 Å². The minimum absolute atomic E-state index is 0.576. The number of thiophene rings is 1. The van der Waals surface area contributed by atoms with Gasteiger partial charge in [0.05, 0.1) is 28.4 Å². The van der Waals surface area contributed by atoms with Gasteiger partial charge >= 0.3 is 0 Å². The van der Waals surface area contributed by atoms with Crippen molar-refractivity contribution in [3.8, 4) is 21.6 Å². The maximum atomic E-state index is 5.12. The van der Waals surface area contributed by atoms with Gasteiger partial charge in [-0.15, -0.1) is 0 Å². The molecular weight excluding hydrogens is 192 g/mol. The summed E-state index contributed by atoms with van der Waals surface area (Å²) in [7, 11) is 6.28. The number of hydrogen-bond donors (Lipinski definition) is 0. The van der Waals surface area contributed by atoms with Crippen molar-refractivity contribution >= 4 is 11.3 Å². The van der Waals surface area contributed by atoms with Gasteiger partial charge in [-0.05, 0) is 0 Å². The maximum absolute atomic E-state index is 5.12. The molecule has 0 saturated heterocycles. The van der Waals surface area contributed by atoms with Crippen LogP contribution in [0.3, 0.4) is 0 Å². The Kier molecular flexibility index (Phi) is 3.25. The van der Waals surface area contributed by atoms with E-state index in [0.717, 1.165) is 0 Å². The molecule has 0 aliphatic carbocycles. The molecule has 1 rings (SSSR count). The van der Waals surface area contributed by atoms with Gasteiger partial charge in [-0.25, -0.2) is 0 Å². The third-order valence-electron chi connectivity index (χ3n) is 1.54. The first-order valence-electron chi connectivity index (χ1n) is 3.61. The fraction of sp³-hybridized carbons (Fsp3) is 0.500. The third-order valence-corrected chi connectivity index (χ3v) is 2.62. The standard InChI is InChI=1S/C8H12O4S/c1-9-5-6(10-2)8(12-4)13-7(5)11-3/h1-4H3. The van der Waals surface area contributed by atoms with Crippen molar-refractivity contribution in [3.05, 3.63) is 0 Å². The van der Waals surface area contributed by atoms with Crippen LogP contribution >= 0.6 is 11.3 Å². The lowest BCUT2D eigenvalue weighted by Crippen LogP contribution is -1.90. The largest absolute Gasteiger partial charge is 0.489 e. The highest BCUT2D eigenvalue weighted by molar-refractivity contribution is 7.16. The van der Waals surface area contributed by atoms with Gasteiger partial charge in [0.15, 0.2) is 0 Å². The fourth-order valence-electron chi connectivity index (χ4n) is 0.983. The molecule has 0 radical (unpaired) electrons. The Morgan fingerprint density at radius 3 is 1.31 bits per heavy atom. The fourth-order valence-corrected chi connectivity index (χ4v) is 1.86. The van der Waals surface area contributed by atoms with Crippen molar-refractivity contribution in [1.82, 2.24) is 0 Å². The monoisotopic (exact) mass is 204 g/mol. The molecule has 0 amide bonds. The number of hydrogen-bond acceptors (Lipinski definition) is 5. The van der Waals surface area contributed by atoms with E-state index >= 15 is 0 Å². The summed E-state index contributed by atoms with van der Waals surface area (Å²) in [5.41, 5.74) is 0. The first-order valence-corrected chi connectivity index (χ1v) is 4.42. The molecule has 1 aromatic heterocycles. The second kappa shape index (κ2) is 4.23. The summed E-state index contributed by atoms with van der Waals surface area (Å²) in [4.78, 5) is 0. The van der Waals surface area contributed by atoms with E-state index in [4.69, 9.17) is 18.9 Å². The Balaban J connectivity index is 3.17. The normalized spacial score (nSPS) is 9.54. The summed E-state index contributed by atoms with van der Waals surface area (Å²) in [6.07, 6.45) is 0. The van der Waals surface area contributed by atoms with Gasteiger partial charge in [0, 0.05) is 0 Å². The molecule has 0 unspecified atom stereocenters. The molecule has 4 nitrogen and oxygen atoms in total. The Morgan fingerprint density at radius 1 is 0.692 bits per heavy atom. The van der Waals surface area contributed by atoms with Gasteiger partial charge < -0.3 is 18.9 Å². The van der Waals surface area contributed by atoms with Gasteiger partial charge in [-0.2, -0.15) is 0 Å². The molecule has 0 saturated carbocycles. The molecule has 0 aromatic carbocycles. The summed E-state index contributed by atoms with van der Waals surface area (Å²) in [5, 5.41) is 1.30. The molecule has 0 atom stereocenters. The molecule has 1 aromatic rings. The molecule has 13 heavy (non-hydrogen) atoms. The van der Waals surface area contributed by atoms with Crippen LogP contribution in [0, 0.1) is 0 Å². The van der Waals surface area contributed by atoms with Gasteiger partial charge in [0.2, 0.25) is 21.6 Å². The van der Waals surface area contributed by atoms with Crippen molar-refractivity contribution in [2.24, 2.45) is 0 Å². The van der Waals surface area contributed by atoms with E-state index < -0.39 is 0 Å². The number of methoxy groups -OCH3 is 4. The van der Waals surface area contributed by atoms with Crippen LogP contribution in [0.5, 0.6) is 21.6 Å². The van der Waals surface area contributed by atoms with E-state index in [2.05, 4.69) is 0 Å². The average molecular weight is 204 g/mol. The second-order valence-electron chi connectivity index (χ2n) is 2.15. The van der Waals surface area contributed by atoms with Crippen LogP contribution in [0.1, 0.15) is 0 Å². The highest BCUT2D eigenvalue weighted by Crippen LogP contribution is 2.52. The zero-order valence-electron chi connectivity index (χ0n) is 8.04. The Morgan fingerprint density at radius 2 is 1.08 bits per heavy atom. The molecule has 0 aliphatic heterocycles. The SMILES string of the molecule is COc1sc(OC)c(OC)c1OC. The summed E-state index contributed by atoms with van der Waals surface area (Å²) >= 11 is 1.34. The lowest BCUT2D eigenvalue weighted by Gasteiger charge is -2.03. The molecule has 74 valence electrons. The van der Waals surface area contributed by atoms with Crippen LogP contribution < -0.4 is 18.9 Å². The summed E-state index contributed by atoms with van der Waals surface area (Å²) in [5.74, 6) is 1.15. The van der Waals surface area contributed by atoms with E-state index in [0.29, 0.717) is 21.6 Å². The first-order chi connectivity index (χ1) is 6.28. The molecule has 0 spiro atoms. The minimum atomic E-state index is 0.576. The smallest absolute Gasteiger partial charge is 0.224 e. The van der Waals surface area contributed by atoms with Crippen molar-refractivity contribution in [3.63, 3.8) is 0 Å². The quantitative estimate of drug-likeness (QED) is 0.749. The minimum Gasteiger partial charge on any atom is -0.489 e. The molecule has 1 heterocycles. The Bertz CT molecular complexity index is 255. The van der Waals surface area contributed by atoms with E-state index in [9.17, 15) is 0 Å². The van der Waals surface area contributed by atoms with Gasteiger partial charge in [-0.1, -0.05) is 11.3 Å². The zero-order valence-corrected chi connectivity index (χ0v) is 8.86. The van der Waals surface area contributed by atoms with E-state index in [1.165, 1.54) is 11.3 Å². The van der Waals surface area contributed by atoms with Gasteiger partial charge in [-0.3, -0.25) is 0 Å². The highest BCUT2D eigenvalue weighted by atomic mass is 32.1. The maximum Gasteiger partial charge on any atom is 0.224 e. The molecular formula is C8H12O4S. The van der Waals surface area contributed by atoms with Crippen molar-refractivity contribution in [2.45, 2.75) is 0 Å². The lowest BCUT2D eigenvalue weighted by atomic mass is 10.5. The Labute approximate surface area is 81.0 Å². The topological polar surface area (TPSA) is 36.9 Å². The molecule has 0 bridgehead atoms. The zero-order chi connectivity index (χ0) is 9.84. The van der Waals surface area contributed by atoms with Crippen LogP contribution in [-0.2, 0) is 0 Å². The predicted molar refractivity (Wildman–Crippen MR) is 50.5 cm³/mol. The summed E-state index contributed by atoms with van der Waals surface area (Å²) < 4.78 is 20.4. The molecule has 0 N–H and O–H groups in total. The molecule has 5 heteroatoms. The van der Waals surface area contributed by atoms with Gasteiger partial charge in [0.25, 0.3) is 0 Å². The van der Waals surface area contributed by atoms with Crippen molar-refractivity contribution in [1.29, 1.82) is 0 Å². The van der Waals surface area contributed by atoms with Crippen LogP contribution in [-0.4, -0.2) is 28.4 Å². The first kappa shape index (κ1) is 9.98. The van der Waals surface area contributed by atoms with Crippen molar-refractivity contribution in [2.75, 3.05) is 28.4 Å². The van der Waals surface area contributed by atoms with Crippen LogP contribution in [0.15, 0.2) is 0 Å². The van der Waals surface area contributed by atoms with E-state index in [-0.39, 0.29) is 0 Å². The second-order valence-corrected chi connectivity index (χ2v) is 3.10. The summed E-state index contributed by atoms with van der Waals surface area (Å²) in [6, 6.07) is 0. The van der Waals surface area contributed by atoms with Crippen molar-refractivity contribution < 1.29 is 18.9 Å². The van der Waals surface area contributed by atoms with Gasteiger partial charge in [0.1, 0.15) is 0 Å². The molecule has 0 fully saturated rings. The lowest BCUT2D eigenvalue weighted by molar-refractivity contribution is 0.320. The van der Waals surface area contributed by atoms with Crippen LogP contribution in [0.2, 0.25) is 0 Å². The Hall–Kier alpha value is -1.10. The average Bonchev–Trinajstić information content (AvgIpc) is 2.54.